The fraction of sp³-hybridized carbons (Fsp3) is 0.258. The molecule has 0 radical (unpaired) electrons. The number of aromatic nitrogens is 2. The average Bonchev–Trinajstić information content (AvgIpc) is 2.95. The number of hydrogen-bond acceptors (Lipinski definition) is 8. The molecule has 0 aliphatic carbocycles. The van der Waals surface area contributed by atoms with Gasteiger partial charge in [-0.05, 0) is 62.8 Å². The molecule has 1 aromatic heterocycles. The third-order valence-corrected chi connectivity index (χ3v) is 6.71. The number of nitrogens with one attached hydrogen (secondary N) is 1. The molecule has 0 saturated carbocycles. The van der Waals surface area contributed by atoms with Crippen LogP contribution < -0.4 is 25.3 Å². The molecular formula is C31H29ClF3N5O4. The van der Waals surface area contributed by atoms with E-state index >= 15 is 0 Å². The number of anilines is 2. The number of hydrogen-bond donors (Lipinski definition) is 2. The van der Waals surface area contributed by atoms with Crippen LogP contribution in [0.25, 0.3) is 10.9 Å². The van der Waals surface area contributed by atoms with Gasteiger partial charge in [-0.25, -0.2) is 9.97 Å². The highest BCUT2D eigenvalue weighted by atomic mass is 35.5. The number of aryl methyl sites for hydroxylation is 1. The average molecular weight is 628 g/mol. The van der Waals surface area contributed by atoms with Crippen molar-refractivity contribution in [3.05, 3.63) is 75.4 Å². The van der Waals surface area contributed by atoms with E-state index in [0.29, 0.717) is 40.2 Å². The molecule has 0 unspecified atom stereocenters. The number of carbonyl (C=O) groups excluding carboxylic acids is 1. The van der Waals surface area contributed by atoms with Crippen molar-refractivity contribution in [2.75, 3.05) is 52.5 Å². The quantitative estimate of drug-likeness (QED) is 0.236. The van der Waals surface area contributed by atoms with Crippen LogP contribution in [0.3, 0.4) is 0 Å². The van der Waals surface area contributed by atoms with Crippen molar-refractivity contribution in [1.29, 1.82) is 0 Å². The molecule has 4 rings (SSSR count). The Kier molecular flexibility index (Phi) is 9.71. The summed E-state index contributed by atoms with van der Waals surface area (Å²) in [6.07, 6.45) is -4.77. The molecule has 0 atom stereocenters. The molecule has 4 aromatic rings. The van der Waals surface area contributed by atoms with Crippen LogP contribution in [0.1, 0.15) is 32.7 Å². The summed E-state index contributed by atoms with van der Waals surface area (Å²) >= 11 is 6.18. The number of amides is 1. The lowest BCUT2D eigenvalue weighted by Gasteiger charge is -2.18. The number of halogens is 4. The maximum atomic E-state index is 13.9. The lowest BCUT2D eigenvalue weighted by atomic mass is 10.0. The third-order valence-electron chi connectivity index (χ3n) is 6.43. The Morgan fingerprint density at radius 1 is 1.05 bits per heavy atom. The number of carbonyl (C=O) groups is 1. The molecule has 0 fully saturated rings. The van der Waals surface area contributed by atoms with Gasteiger partial charge in [0, 0.05) is 34.8 Å². The van der Waals surface area contributed by atoms with E-state index in [0.717, 1.165) is 11.6 Å². The molecule has 13 heteroatoms. The number of likely N-dealkylation sites (N-methyl/N-ethyl adjacent to an activating group) is 1. The molecule has 3 aromatic carbocycles. The van der Waals surface area contributed by atoms with Gasteiger partial charge >= 0.3 is 6.18 Å². The first-order valence-corrected chi connectivity index (χ1v) is 13.5. The van der Waals surface area contributed by atoms with Crippen molar-refractivity contribution >= 4 is 40.0 Å². The molecule has 0 saturated heterocycles. The first kappa shape index (κ1) is 32.2. The fourth-order valence-corrected chi connectivity index (χ4v) is 4.42. The second-order valence-corrected chi connectivity index (χ2v) is 10.3. The van der Waals surface area contributed by atoms with Crippen molar-refractivity contribution in [3.63, 3.8) is 0 Å². The van der Waals surface area contributed by atoms with Gasteiger partial charge in [-0.2, -0.15) is 13.2 Å². The van der Waals surface area contributed by atoms with Crippen LogP contribution in [0.4, 0.5) is 24.8 Å². The summed E-state index contributed by atoms with van der Waals surface area (Å²) in [5, 5.41) is 2.78. The minimum atomic E-state index is -4.77. The summed E-state index contributed by atoms with van der Waals surface area (Å²) in [7, 11) is 6.53. The van der Waals surface area contributed by atoms with E-state index in [2.05, 4.69) is 27.1 Å². The molecule has 0 aliphatic rings. The van der Waals surface area contributed by atoms with E-state index in [4.69, 9.17) is 31.5 Å². The molecule has 9 nitrogen and oxygen atoms in total. The molecule has 230 valence electrons. The van der Waals surface area contributed by atoms with Crippen LogP contribution in [0.15, 0.2) is 42.5 Å². The second-order valence-electron chi connectivity index (χ2n) is 9.87. The number of benzene rings is 3. The lowest BCUT2D eigenvalue weighted by Crippen LogP contribution is -2.21. The summed E-state index contributed by atoms with van der Waals surface area (Å²) in [4.78, 5) is 23.4. The SMILES string of the molecule is COc1cc2nc(N)nc(C#Cc3cc(C(=O)Nc4cc(Cl)c(OCCN(C)C)c(C(F)(F)F)c4)ccc3C)c2cc1OC. The standard InChI is InChI=1S/C31H29ClF3N5O4/c1-17-6-7-19(29(41)37-20-13-22(31(33,34)35)28(23(32)14-20)44-11-10-40(2)3)12-18(17)8-9-24-21-15-26(42-4)27(43-5)16-25(21)39-30(36)38-24/h6-7,12-16H,10-11H2,1-5H3,(H,37,41)(H2,36,38,39). The normalized spacial score (nSPS) is 11.2. The van der Waals surface area contributed by atoms with E-state index in [1.165, 1.54) is 32.4 Å². The Labute approximate surface area is 257 Å². The molecule has 0 bridgehead atoms. The van der Waals surface area contributed by atoms with Crippen LogP contribution in [0.2, 0.25) is 5.02 Å². The molecule has 44 heavy (non-hydrogen) atoms. The Hall–Kier alpha value is -4.73. The van der Waals surface area contributed by atoms with Gasteiger partial charge in [-0.15, -0.1) is 0 Å². The predicted molar refractivity (Wildman–Crippen MR) is 163 cm³/mol. The zero-order valence-electron chi connectivity index (χ0n) is 24.5. The highest BCUT2D eigenvalue weighted by Crippen LogP contribution is 2.42. The third kappa shape index (κ3) is 7.42. The van der Waals surface area contributed by atoms with Crippen molar-refractivity contribution in [1.82, 2.24) is 14.9 Å². The van der Waals surface area contributed by atoms with Gasteiger partial charge in [-0.1, -0.05) is 23.6 Å². The highest BCUT2D eigenvalue weighted by Gasteiger charge is 2.36. The van der Waals surface area contributed by atoms with Gasteiger partial charge in [-0.3, -0.25) is 4.79 Å². The van der Waals surface area contributed by atoms with Gasteiger partial charge in [0.1, 0.15) is 23.6 Å². The largest absolute Gasteiger partial charge is 0.493 e. The van der Waals surface area contributed by atoms with Gasteiger partial charge < -0.3 is 30.2 Å². The van der Waals surface area contributed by atoms with E-state index < -0.39 is 23.4 Å². The lowest BCUT2D eigenvalue weighted by molar-refractivity contribution is -0.138. The minimum Gasteiger partial charge on any atom is -0.493 e. The Morgan fingerprint density at radius 2 is 1.75 bits per heavy atom. The summed E-state index contributed by atoms with van der Waals surface area (Å²) in [5.41, 5.74) is 6.89. The van der Waals surface area contributed by atoms with Crippen LogP contribution in [-0.4, -0.2) is 62.2 Å². The number of fused-ring (bicyclic) bond motifs is 1. The second kappa shape index (κ2) is 13.3. The summed E-state index contributed by atoms with van der Waals surface area (Å²) in [6.45, 7) is 2.18. The Bertz CT molecular complexity index is 1780. The van der Waals surface area contributed by atoms with Gasteiger partial charge in [0.05, 0.1) is 24.8 Å². The number of ether oxygens (including phenoxy) is 3. The number of rotatable bonds is 8. The van der Waals surface area contributed by atoms with Gasteiger partial charge in [0.25, 0.3) is 5.91 Å². The zero-order valence-corrected chi connectivity index (χ0v) is 25.3. The first-order valence-electron chi connectivity index (χ1n) is 13.1. The van der Waals surface area contributed by atoms with E-state index in [-0.39, 0.29) is 28.8 Å². The van der Waals surface area contributed by atoms with Crippen LogP contribution in [-0.2, 0) is 6.18 Å². The molecule has 1 heterocycles. The summed E-state index contributed by atoms with van der Waals surface area (Å²) in [5.74, 6) is 5.75. The topological polar surface area (TPSA) is 112 Å². The van der Waals surface area contributed by atoms with E-state index in [1.54, 1.807) is 44.1 Å². The van der Waals surface area contributed by atoms with E-state index in [1.807, 2.05) is 0 Å². The monoisotopic (exact) mass is 627 g/mol. The van der Waals surface area contributed by atoms with Crippen molar-refractivity contribution < 1.29 is 32.2 Å². The first-order chi connectivity index (χ1) is 20.8. The van der Waals surface area contributed by atoms with Gasteiger partial charge in [0.15, 0.2) is 11.5 Å². The molecule has 3 N–H and O–H groups in total. The van der Waals surface area contributed by atoms with E-state index in [9.17, 15) is 18.0 Å². The van der Waals surface area contributed by atoms with Crippen LogP contribution >= 0.6 is 11.6 Å². The molecular weight excluding hydrogens is 599 g/mol. The fourth-order valence-electron chi connectivity index (χ4n) is 4.15. The number of nitrogen functional groups attached to an aromatic ring is 1. The molecule has 1 amide bonds. The highest BCUT2D eigenvalue weighted by molar-refractivity contribution is 6.32. The van der Waals surface area contributed by atoms with Gasteiger partial charge in [0.2, 0.25) is 5.95 Å². The maximum Gasteiger partial charge on any atom is 0.420 e. The molecule has 0 aliphatic heterocycles. The van der Waals surface area contributed by atoms with Crippen LogP contribution in [0, 0.1) is 18.8 Å². The zero-order chi connectivity index (χ0) is 32.2. The minimum absolute atomic E-state index is 0.00451. The smallest absolute Gasteiger partial charge is 0.420 e. The van der Waals surface area contributed by atoms with Crippen molar-refractivity contribution in [3.8, 4) is 29.1 Å². The Morgan fingerprint density at radius 3 is 2.41 bits per heavy atom. The predicted octanol–water partition coefficient (Wildman–Crippen LogP) is 5.80. The number of nitrogens with zero attached hydrogens (tertiary/aromatic N) is 3. The molecule has 0 spiro atoms. The number of nitrogens with two attached hydrogens (primary N) is 1. The number of alkyl halides is 3. The summed E-state index contributed by atoms with van der Waals surface area (Å²) in [6, 6.07) is 10.1. The summed E-state index contributed by atoms with van der Waals surface area (Å²) < 4.78 is 57.7. The van der Waals surface area contributed by atoms with Crippen molar-refractivity contribution in [2.45, 2.75) is 13.1 Å². The Balaban J connectivity index is 1.65. The van der Waals surface area contributed by atoms with Crippen molar-refractivity contribution in [2.24, 2.45) is 0 Å². The maximum absolute atomic E-state index is 13.9. The number of methoxy groups -OCH3 is 2. The van der Waals surface area contributed by atoms with Crippen LogP contribution in [0.5, 0.6) is 17.2 Å².